The summed E-state index contributed by atoms with van der Waals surface area (Å²) in [5.41, 5.74) is 13.1. The van der Waals surface area contributed by atoms with E-state index in [4.69, 9.17) is 11.5 Å². The number of carbonyl (C=O) groups is 1. The van der Waals surface area contributed by atoms with E-state index < -0.39 is 5.91 Å². The summed E-state index contributed by atoms with van der Waals surface area (Å²) in [6.07, 6.45) is 3.56. The molecule has 17 heavy (non-hydrogen) atoms. The van der Waals surface area contributed by atoms with Gasteiger partial charge in [0.25, 0.3) is 5.91 Å². The number of hydrogen-bond donors (Lipinski definition) is 2. The molecule has 0 aliphatic carbocycles. The van der Waals surface area contributed by atoms with Gasteiger partial charge in [0.15, 0.2) is 0 Å². The Labute approximate surface area is 102 Å². The van der Waals surface area contributed by atoms with Gasteiger partial charge in [-0.05, 0) is 44.4 Å². The maximum Gasteiger partial charge on any atom is 0.250 e. The van der Waals surface area contributed by atoms with Crippen LogP contribution in [0.2, 0.25) is 0 Å². The zero-order valence-corrected chi connectivity index (χ0v) is 10.1. The van der Waals surface area contributed by atoms with E-state index in [2.05, 4.69) is 11.8 Å². The molecule has 1 atom stereocenters. The number of anilines is 2. The molecule has 1 heterocycles. The number of nitrogen functional groups attached to an aromatic ring is 1. The summed E-state index contributed by atoms with van der Waals surface area (Å²) in [6.45, 7) is 3.16. The predicted octanol–water partition coefficient (Wildman–Crippen LogP) is 1.75. The van der Waals surface area contributed by atoms with E-state index in [-0.39, 0.29) is 0 Å². The number of rotatable bonds is 2. The van der Waals surface area contributed by atoms with Crippen molar-refractivity contribution in [2.75, 3.05) is 17.2 Å². The van der Waals surface area contributed by atoms with Gasteiger partial charge in [0.1, 0.15) is 0 Å². The third-order valence-corrected chi connectivity index (χ3v) is 3.40. The van der Waals surface area contributed by atoms with Gasteiger partial charge in [-0.1, -0.05) is 0 Å². The topological polar surface area (TPSA) is 72.3 Å². The summed E-state index contributed by atoms with van der Waals surface area (Å²) in [7, 11) is 0. The highest BCUT2D eigenvalue weighted by atomic mass is 16.1. The first-order valence-corrected chi connectivity index (χ1v) is 6.05. The molecule has 1 aromatic rings. The van der Waals surface area contributed by atoms with Gasteiger partial charge in [0.05, 0.1) is 5.56 Å². The van der Waals surface area contributed by atoms with Crippen LogP contribution in [-0.2, 0) is 0 Å². The molecule has 1 aliphatic heterocycles. The van der Waals surface area contributed by atoms with E-state index in [9.17, 15) is 4.79 Å². The Morgan fingerprint density at radius 2 is 2.18 bits per heavy atom. The van der Waals surface area contributed by atoms with Crippen molar-refractivity contribution in [3.05, 3.63) is 23.8 Å². The van der Waals surface area contributed by atoms with Gasteiger partial charge in [-0.2, -0.15) is 0 Å². The molecule has 2 rings (SSSR count). The monoisotopic (exact) mass is 233 g/mol. The molecule has 0 aromatic heterocycles. The molecular weight excluding hydrogens is 214 g/mol. The smallest absolute Gasteiger partial charge is 0.250 e. The zero-order chi connectivity index (χ0) is 12.4. The largest absolute Gasteiger partial charge is 0.399 e. The van der Waals surface area contributed by atoms with Gasteiger partial charge in [-0.15, -0.1) is 0 Å². The number of nitrogens with zero attached hydrogens (tertiary/aromatic N) is 1. The average molecular weight is 233 g/mol. The van der Waals surface area contributed by atoms with Crippen LogP contribution in [0.5, 0.6) is 0 Å². The molecule has 1 fully saturated rings. The maximum atomic E-state index is 11.5. The highest BCUT2D eigenvalue weighted by Crippen LogP contribution is 2.29. The third kappa shape index (κ3) is 2.35. The Morgan fingerprint density at radius 3 is 2.82 bits per heavy atom. The Balaban J connectivity index is 2.39. The Bertz CT molecular complexity index is 431. The molecule has 0 saturated carbocycles. The fourth-order valence-electron chi connectivity index (χ4n) is 2.46. The van der Waals surface area contributed by atoms with Gasteiger partial charge < -0.3 is 16.4 Å². The number of nitrogens with two attached hydrogens (primary N) is 2. The maximum absolute atomic E-state index is 11.5. The molecule has 0 bridgehead atoms. The summed E-state index contributed by atoms with van der Waals surface area (Å²) in [5.74, 6) is -0.412. The van der Waals surface area contributed by atoms with Gasteiger partial charge in [-0.3, -0.25) is 4.79 Å². The molecule has 1 amide bonds. The van der Waals surface area contributed by atoms with Crippen molar-refractivity contribution in [1.29, 1.82) is 0 Å². The lowest BCUT2D eigenvalue weighted by molar-refractivity contribution is 0.100. The van der Waals surface area contributed by atoms with Crippen LogP contribution in [0.3, 0.4) is 0 Å². The van der Waals surface area contributed by atoms with Crippen molar-refractivity contribution in [2.24, 2.45) is 5.73 Å². The van der Waals surface area contributed by atoms with Crippen molar-refractivity contribution in [1.82, 2.24) is 0 Å². The Morgan fingerprint density at radius 1 is 1.41 bits per heavy atom. The van der Waals surface area contributed by atoms with Crippen molar-refractivity contribution < 1.29 is 4.79 Å². The van der Waals surface area contributed by atoms with Gasteiger partial charge in [0.2, 0.25) is 0 Å². The molecule has 92 valence electrons. The number of amides is 1. The molecule has 4 nitrogen and oxygen atoms in total. The van der Waals surface area contributed by atoms with Crippen molar-refractivity contribution >= 4 is 17.3 Å². The molecule has 0 radical (unpaired) electrons. The van der Waals surface area contributed by atoms with E-state index in [1.807, 2.05) is 12.1 Å². The number of carbonyl (C=O) groups excluding carboxylic acids is 1. The molecule has 0 spiro atoms. The third-order valence-electron chi connectivity index (χ3n) is 3.40. The fourth-order valence-corrected chi connectivity index (χ4v) is 2.46. The summed E-state index contributed by atoms with van der Waals surface area (Å²) < 4.78 is 0. The second kappa shape index (κ2) is 4.65. The van der Waals surface area contributed by atoms with Gasteiger partial charge in [-0.25, -0.2) is 0 Å². The minimum absolute atomic E-state index is 0.412. The van der Waals surface area contributed by atoms with E-state index >= 15 is 0 Å². The van der Waals surface area contributed by atoms with Crippen LogP contribution in [0, 0.1) is 0 Å². The number of benzene rings is 1. The van der Waals surface area contributed by atoms with Crippen molar-refractivity contribution in [3.63, 3.8) is 0 Å². The average Bonchev–Trinajstić information content (AvgIpc) is 2.30. The van der Waals surface area contributed by atoms with Crippen LogP contribution < -0.4 is 16.4 Å². The first-order chi connectivity index (χ1) is 8.09. The molecular formula is C13H19N3O. The van der Waals surface area contributed by atoms with Crippen molar-refractivity contribution in [2.45, 2.75) is 32.2 Å². The summed E-state index contributed by atoms with van der Waals surface area (Å²) in [6, 6.07) is 5.84. The molecule has 4 heteroatoms. The minimum atomic E-state index is -0.412. The summed E-state index contributed by atoms with van der Waals surface area (Å²) >= 11 is 0. The van der Waals surface area contributed by atoms with Crippen LogP contribution in [-0.4, -0.2) is 18.5 Å². The molecule has 1 aliphatic rings. The van der Waals surface area contributed by atoms with Crippen LogP contribution >= 0.6 is 0 Å². The molecule has 0 unspecified atom stereocenters. The highest BCUT2D eigenvalue weighted by Gasteiger charge is 2.22. The highest BCUT2D eigenvalue weighted by molar-refractivity contribution is 5.99. The van der Waals surface area contributed by atoms with Gasteiger partial charge in [0, 0.05) is 24.0 Å². The fraction of sp³-hybridized carbons (Fsp3) is 0.462. The lowest BCUT2D eigenvalue weighted by Crippen LogP contribution is -2.38. The van der Waals surface area contributed by atoms with E-state index in [1.165, 1.54) is 6.42 Å². The second-order valence-electron chi connectivity index (χ2n) is 4.68. The van der Waals surface area contributed by atoms with Crippen LogP contribution in [0.25, 0.3) is 0 Å². The first kappa shape index (κ1) is 11.8. The predicted molar refractivity (Wildman–Crippen MR) is 70.0 cm³/mol. The lowest BCUT2D eigenvalue weighted by atomic mass is 10.0. The second-order valence-corrected chi connectivity index (χ2v) is 4.68. The van der Waals surface area contributed by atoms with E-state index in [0.29, 0.717) is 17.3 Å². The van der Waals surface area contributed by atoms with Crippen molar-refractivity contribution in [3.8, 4) is 0 Å². The summed E-state index contributed by atoms with van der Waals surface area (Å²) in [5, 5.41) is 0. The Hall–Kier alpha value is -1.71. The van der Waals surface area contributed by atoms with Crippen LogP contribution in [0.15, 0.2) is 18.2 Å². The van der Waals surface area contributed by atoms with Crippen LogP contribution in [0.1, 0.15) is 36.5 Å². The number of piperidine rings is 1. The lowest BCUT2D eigenvalue weighted by Gasteiger charge is -2.36. The van der Waals surface area contributed by atoms with E-state index in [1.54, 1.807) is 6.07 Å². The van der Waals surface area contributed by atoms with Gasteiger partial charge >= 0.3 is 0 Å². The normalized spacial score (nSPS) is 20.3. The first-order valence-electron chi connectivity index (χ1n) is 6.05. The quantitative estimate of drug-likeness (QED) is 0.764. The minimum Gasteiger partial charge on any atom is -0.399 e. The van der Waals surface area contributed by atoms with E-state index in [0.717, 1.165) is 25.1 Å². The zero-order valence-electron chi connectivity index (χ0n) is 10.1. The summed E-state index contributed by atoms with van der Waals surface area (Å²) in [4.78, 5) is 13.7. The number of hydrogen-bond acceptors (Lipinski definition) is 3. The Kier molecular flexibility index (Phi) is 3.22. The standard InChI is InChI=1S/C13H19N3O/c1-9-4-2-3-7-16(9)12-6-5-10(14)8-11(12)13(15)17/h5-6,8-9H,2-4,7,14H2,1H3,(H2,15,17)/t9-/m1/s1. The SMILES string of the molecule is C[C@@H]1CCCCN1c1ccc(N)cc1C(N)=O. The molecule has 4 N–H and O–H groups in total. The number of primary amides is 1. The molecule has 1 aromatic carbocycles. The molecule has 1 saturated heterocycles. The van der Waals surface area contributed by atoms with Crippen LogP contribution in [0.4, 0.5) is 11.4 Å².